The molecule has 0 aromatic carbocycles. The molecule has 1 aliphatic heterocycles. The molecule has 0 aliphatic carbocycles. The molecule has 11 amide bonds. The minimum absolute atomic E-state index is 0.0260. The van der Waals surface area contributed by atoms with Crippen LogP contribution in [0.5, 0.6) is 0 Å². The van der Waals surface area contributed by atoms with E-state index in [1.54, 1.807) is 53.7 Å². The summed E-state index contributed by atoms with van der Waals surface area (Å²) < 4.78 is 0. The van der Waals surface area contributed by atoms with Gasteiger partial charge < -0.3 is 60.7 Å². The molecule has 84 heavy (non-hydrogen) atoms. The molecule has 0 aromatic heterocycles. The lowest BCUT2D eigenvalue weighted by Gasteiger charge is -2.41. The molecule has 1 rings (SSSR count). The molecular formula is C61H109N11O12. The predicted molar refractivity (Wildman–Crippen MR) is 324 cm³/mol. The van der Waals surface area contributed by atoms with Crippen molar-refractivity contribution < 1.29 is 57.8 Å². The number of rotatable bonds is 15. The van der Waals surface area contributed by atoms with Crippen LogP contribution in [0.25, 0.3) is 0 Å². The summed E-state index contributed by atoms with van der Waals surface area (Å²) >= 11 is 0. The number of likely N-dealkylation sites (N-methyl/N-ethyl adjacent to an activating group) is 7. The Morgan fingerprint density at radius 2 is 0.881 bits per heavy atom. The number of carbonyl (C=O) groups is 11. The van der Waals surface area contributed by atoms with Crippen molar-refractivity contribution in [2.75, 3.05) is 55.9 Å². The molecule has 480 valence electrons. The fourth-order valence-corrected chi connectivity index (χ4v) is 10.5. The predicted octanol–water partition coefficient (Wildman–Crippen LogP) is 3.02. The van der Waals surface area contributed by atoms with Gasteiger partial charge in [-0.2, -0.15) is 0 Å². The van der Waals surface area contributed by atoms with Gasteiger partial charge in [-0.15, -0.1) is 0 Å². The Hall–Kier alpha value is -6.13. The van der Waals surface area contributed by atoms with Gasteiger partial charge in [0.15, 0.2) is 0 Å². The maximum absolute atomic E-state index is 15.1. The molecule has 23 heteroatoms. The Labute approximate surface area is 502 Å². The first-order valence-electron chi connectivity index (χ1n) is 30.2. The normalized spacial score (nSPS) is 26.7. The third kappa shape index (κ3) is 21.4. The van der Waals surface area contributed by atoms with E-state index in [-0.39, 0.29) is 62.2 Å². The highest BCUT2D eigenvalue weighted by atomic mass is 16.3. The zero-order chi connectivity index (χ0) is 65.1. The highest BCUT2D eigenvalue weighted by Crippen LogP contribution is 2.25. The Balaban J connectivity index is 4.28. The number of nitrogens with one attached hydrogen (secondary N) is 4. The van der Waals surface area contributed by atoms with E-state index in [4.69, 9.17) is 0 Å². The van der Waals surface area contributed by atoms with Crippen molar-refractivity contribution in [3.63, 3.8) is 0 Å². The Kier molecular flexibility index (Phi) is 31.4. The summed E-state index contributed by atoms with van der Waals surface area (Å²) in [5.41, 5.74) is 0. The third-order valence-electron chi connectivity index (χ3n) is 15.7. The van der Waals surface area contributed by atoms with Gasteiger partial charge in [0, 0.05) is 49.3 Å². The molecule has 1 fully saturated rings. The molecular weight excluding hydrogens is 1080 g/mol. The zero-order valence-electron chi connectivity index (χ0n) is 55.2. The van der Waals surface area contributed by atoms with Gasteiger partial charge in [-0.3, -0.25) is 52.7 Å². The Bertz CT molecular complexity index is 2290. The second-order valence-electron chi connectivity index (χ2n) is 25.5. The average Bonchev–Trinajstić information content (AvgIpc) is 3.62. The lowest BCUT2D eigenvalue weighted by atomic mass is 9.95. The van der Waals surface area contributed by atoms with Crippen LogP contribution in [0.2, 0.25) is 0 Å². The fraction of sp³-hybridized carbons (Fsp3) is 0.787. The van der Waals surface area contributed by atoms with Crippen molar-refractivity contribution >= 4 is 65.0 Å². The highest BCUT2D eigenvalue weighted by molar-refractivity contribution is 5.99. The second kappa shape index (κ2) is 34.7. The number of hydrogen-bond acceptors (Lipinski definition) is 12. The number of aliphatic hydroxyl groups excluding tert-OH is 1. The molecule has 1 heterocycles. The second-order valence-corrected chi connectivity index (χ2v) is 25.5. The van der Waals surface area contributed by atoms with Crippen LogP contribution in [0.1, 0.15) is 156 Å². The first-order valence-corrected chi connectivity index (χ1v) is 30.2. The van der Waals surface area contributed by atoms with Crippen LogP contribution in [0.3, 0.4) is 0 Å². The molecule has 11 atom stereocenters. The summed E-state index contributed by atoms with van der Waals surface area (Å²) in [4.78, 5) is 168. The first-order chi connectivity index (χ1) is 38.8. The van der Waals surface area contributed by atoms with Crippen molar-refractivity contribution in [1.82, 2.24) is 55.6 Å². The van der Waals surface area contributed by atoms with E-state index in [9.17, 15) is 48.3 Å². The fourth-order valence-electron chi connectivity index (χ4n) is 10.5. The van der Waals surface area contributed by atoms with Crippen molar-refractivity contribution in [1.29, 1.82) is 0 Å². The number of amides is 11. The summed E-state index contributed by atoms with van der Waals surface area (Å²) in [6.45, 7) is 27.6. The van der Waals surface area contributed by atoms with Crippen LogP contribution in [0.15, 0.2) is 12.2 Å². The standard InChI is InChI=1S/C61H109N11O12/c1-24-26-27-28-47(73)51-55(78)64-42(25-2)57(80)66(17)33-48(74)67(18)43(29-34(3)4)54(77)65-49(38(11)12)60(83)68(19)44(30-35(5)6)53(76)62-40(15)52(75)63-41(16)56(79)69(20)45(31-36(7)8)58(81)70(21)46(32-37(9)10)59(82)71(22)50(39(13)14)61(84)72(51)23/h24,26,34-47,49-51,73H,25,27-33H2,1-23H3,(H,62,76)(H,63,75)(H,64,78)(H,65,77)/b26-24+/t40-,41-,42-,43-,44-,45-,46-,47+,49-,50-,51-/m0/s1. The summed E-state index contributed by atoms with van der Waals surface area (Å²) in [5.74, 6) is -9.07. The van der Waals surface area contributed by atoms with Crippen molar-refractivity contribution in [3.8, 4) is 0 Å². The number of hydrogen-bond donors (Lipinski definition) is 5. The molecule has 1 aliphatic rings. The van der Waals surface area contributed by atoms with Gasteiger partial charge in [-0.05, 0) is 101 Å². The smallest absolute Gasteiger partial charge is 0.246 e. The van der Waals surface area contributed by atoms with Gasteiger partial charge in [-0.1, -0.05) is 102 Å². The molecule has 0 radical (unpaired) electrons. The lowest BCUT2D eigenvalue weighted by molar-refractivity contribution is -0.157. The number of allylic oxidation sites excluding steroid dienone is 2. The molecule has 5 N–H and O–H groups in total. The maximum atomic E-state index is 15.1. The highest BCUT2D eigenvalue weighted by Gasteiger charge is 2.45. The number of nitrogens with zero attached hydrogens (tertiary/aromatic N) is 7. The van der Waals surface area contributed by atoms with E-state index in [2.05, 4.69) is 21.3 Å². The summed E-state index contributed by atoms with van der Waals surface area (Å²) in [5, 5.41) is 22.8. The van der Waals surface area contributed by atoms with Gasteiger partial charge in [0.05, 0.1) is 12.6 Å². The van der Waals surface area contributed by atoms with Crippen LogP contribution in [-0.4, -0.2) is 227 Å². The first kappa shape index (κ1) is 75.9. The lowest BCUT2D eigenvalue weighted by Crippen LogP contribution is -2.63. The van der Waals surface area contributed by atoms with E-state index in [1.165, 1.54) is 87.7 Å². The SMILES string of the molecule is C/C=C/CC[C@@H](O)[C@H]1C(=O)N[C@@H](CC)C(=O)N(C)CC(=O)N(C)[C@@H](CC(C)C)C(=O)N[C@@H](C(C)C)C(=O)N(C)[C@@H](CC(C)C)C(=O)N[C@@H](C)C(=O)N[C@@H](C)C(=O)N(C)[C@@H](CC(C)C)C(=O)N(C)[C@@H](CC(C)C)C(=O)N(C)[C@@H](C(C)C)C(=O)N1C. The van der Waals surface area contributed by atoms with Crippen LogP contribution < -0.4 is 21.3 Å². The van der Waals surface area contributed by atoms with Gasteiger partial charge in [0.25, 0.3) is 0 Å². The van der Waals surface area contributed by atoms with Crippen LogP contribution >= 0.6 is 0 Å². The molecule has 0 saturated carbocycles. The van der Waals surface area contributed by atoms with Crippen molar-refractivity contribution in [2.45, 2.75) is 222 Å². The van der Waals surface area contributed by atoms with Crippen LogP contribution in [-0.2, 0) is 52.7 Å². The largest absolute Gasteiger partial charge is 0.390 e. The van der Waals surface area contributed by atoms with E-state index >= 15 is 9.59 Å². The minimum Gasteiger partial charge on any atom is -0.390 e. The molecule has 23 nitrogen and oxygen atoms in total. The monoisotopic (exact) mass is 1190 g/mol. The van der Waals surface area contributed by atoms with Gasteiger partial charge in [0.1, 0.15) is 60.4 Å². The minimum atomic E-state index is -1.59. The van der Waals surface area contributed by atoms with Gasteiger partial charge >= 0.3 is 0 Å². The Morgan fingerprint density at radius 1 is 0.464 bits per heavy atom. The van der Waals surface area contributed by atoms with Crippen molar-refractivity contribution in [3.05, 3.63) is 12.2 Å². The number of aliphatic hydroxyl groups is 1. The molecule has 0 aromatic rings. The van der Waals surface area contributed by atoms with Crippen LogP contribution in [0.4, 0.5) is 0 Å². The zero-order valence-corrected chi connectivity index (χ0v) is 55.2. The molecule has 0 bridgehead atoms. The van der Waals surface area contributed by atoms with E-state index in [0.717, 1.165) is 9.80 Å². The summed E-state index contributed by atoms with van der Waals surface area (Å²) in [6, 6.07) is -12.3. The van der Waals surface area contributed by atoms with Gasteiger partial charge in [0.2, 0.25) is 65.0 Å². The molecule has 0 unspecified atom stereocenters. The Morgan fingerprint density at radius 3 is 1.33 bits per heavy atom. The van der Waals surface area contributed by atoms with Gasteiger partial charge in [-0.25, -0.2) is 0 Å². The van der Waals surface area contributed by atoms with E-state index in [1.807, 2.05) is 55.4 Å². The maximum Gasteiger partial charge on any atom is 0.246 e. The number of carbonyl (C=O) groups excluding carboxylic acids is 11. The van der Waals surface area contributed by atoms with E-state index < -0.39 is 150 Å². The molecule has 1 saturated heterocycles. The molecule has 0 spiro atoms. The van der Waals surface area contributed by atoms with Crippen molar-refractivity contribution in [2.24, 2.45) is 35.5 Å². The average molecular weight is 1190 g/mol. The topological polar surface area (TPSA) is 279 Å². The third-order valence-corrected chi connectivity index (χ3v) is 15.7. The van der Waals surface area contributed by atoms with E-state index in [0.29, 0.717) is 6.42 Å². The summed E-state index contributed by atoms with van der Waals surface area (Å²) in [6.07, 6.45) is 3.10. The summed E-state index contributed by atoms with van der Waals surface area (Å²) in [7, 11) is 9.90. The quantitative estimate of drug-likeness (QED) is 0.148. The van der Waals surface area contributed by atoms with Crippen LogP contribution in [0, 0.1) is 35.5 Å².